The highest BCUT2D eigenvalue weighted by Gasteiger charge is 2.19. The molecule has 0 aliphatic carbocycles. The predicted octanol–water partition coefficient (Wildman–Crippen LogP) is 6.27. The van der Waals surface area contributed by atoms with Crippen LogP contribution in [0.3, 0.4) is 0 Å². The smallest absolute Gasteiger partial charge is 0.254 e. The molecule has 0 radical (unpaired) electrons. The number of aryl methyl sites for hydroxylation is 1. The van der Waals surface area contributed by atoms with Gasteiger partial charge in [-0.25, -0.2) is 4.39 Å². The average Bonchev–Trinajstić information content (AvgIpc) is 3.09. The first-order valence-electron chi connectivity index (χ1n) is 10.6. The second-order valence-corrected chi connectivity index (χ2v) is 8.27. The van der Waals surface area contributed by atoms with Gasteiger partial charge in [0.25, 0.3) is 5.91 Å². The monoisotopic (exact) mass is 394 g/mol. The van der Waals surface area contributed by atoms with E-state index in [1.54, 1.807) is 6.07 Å². The lowest BCUT2D eigenvalue weighted by Crippen LogP contribution is -2.27. The van der Waals surface area contributed by atoms with Crippen molar-refractivity contribution >= 4 is 16.8 Å². The van der Waals surface area contributed by atoms with Crippen molar-refractivity contribution in [1.82, 2.24) is 9.88 Å². The summed E-state index contributed by atoms with van der Waals surface area (Å²) in [4.78, 5) is 12.8. The summed E-state index contributed by atoms with van der Waals surface area (Å²) in [6.07, 6.45) is 5.21. The Morgan fingerprint density at radius 3 is 2.66 bits per heavy atom. The highest BCUT2D eigenvalue weighted by molar-refractivity contribution is 5.98. The Balaban J connectivity index is 1.81. The van der Waals surface area contributed by atoms with Gasteiger partial charge in [0.05, 0.1) is 17.1 Å². The van der Waals surface area contributed by atoms with E-state index in [9.17, 15) is 4.79 Å². The van der Waals surface area contributed by atoms with E-state index in [0.717, 1.165) is 30.2 Å². The summed E-state index contributed by atoms with van der Waals surface area (Å²) in [5.74, 6) is -0.440. The van der Waals surface area contributed by atoms with Crippen LogP contribution in [-0.4, -0.2) is 10.5 Å². The first kappa shape index (κ1) is 21.1. The van der Waals surface area contributed by atoms with E-state index < -0.39 is 5.82 Å². The van der Waals surface area contributed by atoms with Crippen molar-refractivity contribution in [3.63, 3.8) is 0 Å². The van der Waals surface area contributed by atoms with Crippen LogP contribution in [0.5, 0.6) is 0 Å². The van der Waals surface area contributed by atoms with Gasteiger partial charge in [0, 0.05) is 18.1 Å². The maximum atomic E-state index is 15.2. The van der Waals surface area contributed by atoms with Crippen LogP contribution in [0.4, 0.5) is 4.39 Å². The minimum Gasteiger partial charge on any atom is -0.345 e. The highest BCUT2D eigenvalue weighted by atomic mass is 19.1. The summed E-state index contributed by atoms with van der Waals surface area (Å²) in [6, 6.07) is 13.4. The molecule has 0 saturated heterocycles. The van der Waals surface area contributed by atoms with Crippen molar-refractivity contribution in [2.75, 3.05) is 0 Å². The molecule has 0 unspecified atom stereocenters. The molecule has 1 aromatic heterocycles. The van der Waals surface area contributed by atoms with Crippen molar-refractivity contribution in [2.45, 2.75) is 59.5 Å². The molecule has 1 heterocycles. The zero-order valence-electron chi connectivity index (χ0n) is 17.8. The van der Waals surface area contributed by atoms with E-state index in [1.165, 1.54) is 5.56 Å². The molecule has 3 aromatic rings. The Labute approximate surface area is 172 Å². The summed E-state index contributed by atoms with van der Waals surface area (Å²) in [6.45, 7) is 9.02. The number of amides is 1. The molecule has 154 valence electrons. The summed E-state index contributed by atoms with van der Waals surface area (Å²) < 4.78 is 17.1. The lowest BCUT2D eigenvalue weighted by atomic mass is 10.0. The van der Waals surface area contributed by atoms with E-state index in [0.29, 0.717) is 18.0 Å². The van der Waals surface area contributed by atoms with Gasteiger partial charge in [-0.05, 0) is 48.9 Å². The molecule has 0 aliphatic rings. The van der Waals surface area contributed by atoms with Gasteiger partial charge in [0.1, 0.15) is 0 Å². The minimum absolute atomic E-state index is 0.0928. The topological polar surface area (TPSA) is 34.0 Å². The molecule has 3 rings (SSSR count). The van der Waals surface area contributed by atoms with Crippen LogP contribution in [0.15, 0.2) is 48.7 Å². The number of fused-ring (bicyclic) bond motifs is 1. The SMILES string of the molecule is CCCCc1cccc([C@H](C)NC(=O)c2ccc3ccn(CC(C)C)c3c2F)c1. The quantitative estimate of drug-likeness (QED) is 0.480. The number of carbonyl (C=O) groups excluding carboxylic acids is 1. The van der Waals surface area contributed by atoms with Gasteiger partial charge >= 0.3 is 0 Å². The van der Waals surface area contributed by atoms with Crippen LogP contribution < -0.4 is 5.32 Å². The fourth-order valence-corrected chi connectivity index (χ4v) is 3.73. The second-order valence-electron chi connectivity index (χ2n) is 8.27. The fraction of sp³-hybridized carbons (Fsp3) is 0.400. The number of hydrogen-bond acceptors (Lipinski definition) is 1. The molecule has 1 amide bonds. The largest absolute Gasteiger partial charge is 0.345 e. The van der Waals surface area contributed by atoms with Crippen LogP contribution >= 0.6 is 0 Å². The molecule has 4 heteroatoms. The number of hydrogen-bond donors (Lipinski definition) is 1. The zero-order valence-corrected chi connectivity index (χ0v) is 17.8. The van der Waals surface area contributed by atoms with Gasteiger partial charge in [0.2, 0.25) is 0 Å². The second kappa shape index (κ2) is 9.25. The van der Waals surface area contributed by atoms with Crippen molar-refractivity contribution < 1.29 is 9.18 Å². The Morgan fingerprint density at radius 1 is 1.14 bits per heavy atom. The zero-order chi connectivity index (χ0) is 21.0. The first-order valence-corrected chi connectivity index (χ1v) is 10.6. The lowest BCUT2D eigenvalue weighted by molar-refractivity contribution is 0.0936. The molecule has 1 N–H and O–H groups in total. The Hall–Kier alpha value is -2.62. The third kappa shape index (κ3) is 4.87. The van der Waals surface area contributed by atoms with Crippen LogP contribution in [-0.2, 0) is 13.0 Å². The third-order valence-electron chi connectivity index (χ3n) is 5.29. The van der Waals surface area contributed by atoms with Gasteiger partial charge in [0.15, 0.2) is 5.82 Å². The predicted molar refractivity (Wildman–Crippen MR) is 118 cm³/mol. The molecular formula is C25H31FN2O. The molecule has 2 aromatic carbocycles. The third-order valence-corrected chi connectivity index (χ3v) is 5.29. The normalized spacial score (nSPS) is 12.5. The van der Waals surface area contributed by atoms with E-state index in [1.807, 2.05) is 42.0 Å². The molecule has 0 saturated carbocycles. The first-order chi connectivity index (χ1) is 13.9. The highest BCUT2D eigenvalue weighted by Crippen LogP contribution is 2.24. The number of unbranched alkanes of at least 4 members (excludes halogenated alkanes) is 1. The molecule has 0 bridgehead atoms. The Morgan fingerprint density at radius 2 is 1.93 bits per heavy atom. The number of aromatic nitrogens is 1. The maximum absolute atomic E-state index is 15.2. The number of halogens is 1. The van der Waals surface area contributed by atoms with Crippen LogP contribution in [0.25, 0.3) is 10.9 Å². The van der Waals surface area contributed by atoms with Crippen molar-refractivity contribution in [3.8, 4) is 0 Å². The van der Waals surface area contributed by atoms with Crippen LogP contribution in [0, 0.1) is 11.7 Å². The Kier molecular flexibility index (Phi) is 6.73. The van der Waals surface area contributed by atoms with Gasteiger partial charge in [-0.3, -0.25) is 4.79 Å². The number of benzene rings is 2. The number of nitrogens with zero attached hydrogens (tertiary/aromatic N) is 1. The summed E-state index contributed by atoms with van der Waals surface area (Å²) in [5.41, 5.74) is 2.90. The molecule has 3 nitrogen and oxygen atoms in total. The lowest BCUT2D eigenvalue weighted by Gasteiger charge is -2.16. The van der Waals surface area contributed by atoms with Gasteiger partial charge in [-0.1, -0.05) is 57.5 Å². The standard InChI is InChI=1S/C25H31FN2O/c1-5-6-8-19-9-7-10-21(15-19)18(4)27-25(29)22-12-11-20-13-14-28(16-17(2)3)24(20)23(22)26/h7,9-15,17-18H,5-6,8,16H2,1-4H3,(H,27,29)/t18-/m0/s1. The van der Waals surface area contributed by atoms with E-state index >= 15 is 4.39 Å². The van der Waals surface area contributed by atoms with Gasteiger partial charge in [-0.15, -0.1) is 0 Å². The molecular weight excluding hydrogens is 363 g/mol. The minimum atomic E-state index is -0.449. The van der Waals surface area contributed by atoms with Gasteiger partial charge in [-0.2, -0.15) is 0 Å². The average molecular weight is 395 g/mol. The molecule has 0 aliphatic heterocycles. The maximum Gasteiger partial charge on any atom is 0.254 e. The summed E-state index contributed by atoms with van der Waals surface area (Å²) in [7, 11) is 0. The van der Waals surface area contributed by atoms with E-state index in [4.69, 9.17) is 0 Å². The van der Waals surface area contributed by atoms with Crippen molar-refractivity contribution in [3.05, 3.63) is 71.2 Å². The molecule has 1 atom stereocenters. The number of rotatable bonds is 8. The number of carbonyl (C=O) groups is 1. The van der Waals surface area contributed by atoms with E-state index in [2.05, 4.69) is 38.2 Å². The van der Waals surface area contributed by atoms with Gasteiger partial charge < -0.3 is 9.88 Å². The fourth-order valence-electron chi connectivity index (χ4n) is 3.73. The number of nitrogens with one attached hydrogen (secondary N) is 1. The molecule has 0 spiro atoms. The van der Waals surface area contributed by atoms with Crippen LogP contribution in [0.1, 0.15) is 68.1 Å². The molecule has 29 heavy (non-hydrogen) atoms. The van der Waals surface area contributed by atoms with Crippen molar-refractivity contribution in [1.29, 1.82) is 0 Å². The van der Waals surface area contributed by atoms with E-state index in [-0.39, 0.29) is 17.5 Å². The Bertz CT molecular complexity index is 990. The van der Waals surface area contributed by atoms with Crippen LogP contribution in [0.2, 0.25) is 0 Å². The molecule has 0 fully saturated rings. The summed E-state index contributed by atoms with van der Waals surface area (Å²) in [5, 5.41) is 3.78. The van der Waals surface area contributed by atoms with Crippen molar-refractivity contribution in [2.24, 2.45) is 5.92 Å². The summed E-state index contributed by atoms with van der Waals surface area (Å²) >= 11 is 0.